The molecule has 0 saturated heterocycles. The predicted octanol–water partition coefficient (Wildman–Crippen LogP) is 2.93. The summed E-state index contributed by atoms with van der Waals surface area (Å²) in [5, 5.41) is 0. The van der Waals surface area contributed by atoms with Gasteiger partial charge in [-0.05, 0) is 19.4 Å². The van der Waals surface area contributed by atoms with Crippen molar-refractivity contribution >= 4 is 0 Å². The van der Waals surface area contributed by atoms with Gasteiger partial charge in [-0.2, -0.15) is 0 Å². The van der Waals surface area contributed by atoms with Gasteiger partial charge in [0, 0.05) is 11.6 Å². The van der Waals surface area contributed by atoms with E-state index < -0.39 is 17.7 Å². The number of hydrogen-bond acceptors (Lipinski definition) is 1. The van der Waals surface area contributed by atoms with Gasteiger partial charge in [-0.15, -0.1) is 6.58 Å². The standard InChI is InChI=1S/C11H13F2N/c1-7(2)6-10(14)8-4-3-5-9(12)11(8)13/h3-5,10H,1,6,14H2,2H3/t10-/m1/s1. The van der Waals surface area contributed by atoms with Gasteiger partial charge in [0.05, 0.1) is 0 Å². The Balaban J connectivity index is 2.95. The van der Waals surface area contributed by atoms with E-state index in [1.807, 2.05) is 0 Å². The van der Waals surface area contributed by atoms with Crippen LogP contribution < -0.4 is 5.73 Å². The molecule has 76 valence electrons. The lowest BCUT2D eigenvalue weighted by Crippen LogP contribution is -2.13. The molecule has 0 radical (unpaired) electrons. The van der Waals surface area contributed by atoms with E-state index in [9.17, 15) is 8.78 Å². The molecular weight excluding hydrogens is 184 g/mol. The molecule has 2 N–H and O–H groups in total. The molecule has 0 spiro atoms. The predicted molar refractivity (Wildman–Crippen MR) is 52.7 cm³/mol. The van der Waals surface area contributed by atoms with Crippen LogP contribution in [0.2, 0.25) is 0 Å². The molecule has 0 saturated carbocycles. The second kappa shape index (κ2) is 4.33. The number of nitrogens with two attached hydrogens (primary N) is 1. The summed E-state index contributed by atoms with van der Waals surface area (Å²) in [6, 6.07) is 3.49. The zero-order chi connectivity index (χ0) is 10.7. The molecule has 0 heterocycles. The van der Waals surface area contributed by atoms with Crippen LogP contribution in [0.1, 0.15) is 24.9 Å². The first-order chi connectivity index (χ1) is 6.52. The third-order valence-corrected chi connectivity index (χ3v) is 1.95. The van der Waals surface area contributed by atoms with E-state index in [0.29, 0.717) is 6.42 Å². The lowest BCUT2D eigenvalue weighted by atomic mass is 10.0. The van der Waals surface area contributed by atoms with Gasteiger partial charge in [-0.1, -0.05) is 17.7 Å². The maximum absolute atomic E-state index is 13.2. The van der Waals surface area contributed by atoms with E-state index in [1.54, 1.807) is 6.92 Å². The highest BCUT2D eigenvalue weighted by Gasteiger charge is 2.14. The monoisotopic (exact) mass is 197 g/mol. The SMILES string of the molecule is C=C(C)C[C@@H](N)c1cccc(F)c1F. The smallest absolute Gasteiger partial charge is 0.163 e. The van der Waals surface area contributed by atoms with Crippen LogP contribution >= 0.6 is 0 Å². The molecule has 0 amide bonds. The Kier molecular flexibility index (Phi) is 3.36. The average Bonchev–Trinajstić information content (AvgIpc) is 2.08. The summed E-state index contributed by atoms with van der Waals surface area (Å²) < 4.78 is 26.0. The Morgan fingerprint density at radius 1 is 1.50 bits per heavy atom. The summed E-state index contributed by atoms with van der Waals surface area (Å²) in [6.07, 6.45) is 0.459. The lowest BCUT2D eigenvalue weighted by molar-refractivity contribution is 0.488. The molecule has 0 unspecified atom stereocenters. The molecule has 0 fully saturated rings. The third-order valence-electron chi connectivity index (χ3n) is 1.95. The molecule has 3 heteroatoms. The van der Waals surface area contributed by atoms with Crippen LogP contribution in [-0.4, -0.2) is 0 Å². The highest BCUT2D eigenvalue weighted by atomic mass is 19.2. The molecule has 0 aliphatic carbocycles. The first-order valence-corrected chi connectivity index (χ1v) is 4.36. The molecule has 1 aromatic rings. The van der Waals surface area contributed by atoms with Crippen molar-refractivity contribution in [2.24, 2.45) is 5.73 Å². The third kappa shape index (κ3) is 2.39. The summed E-state index contributed by atoms with van der Waals surface area (Å²) in [4.78, 5) is 0. The highest BCUT2D eigenvalue weighted by molar-refractivity contribution is 5.23. The van der Waals surface area contributed by atoms with Crippen molar-refractivity contribution in [1.29, 1.82) is 0 Å². The molecular formula is C11H13F2N. The van der Waals surface area contributed by atoms with Crippen molar-refractivity contribution in [2.75, 3.05) is 0 Å². The van der Waals surface area contributed by atoms with Crippen LogP contribution in [0, 0.1) is 11.6 Å². The second-order valence-electron chi connectivity index (χ2n) is 3.41. The minimum absolute atomic E-state index is 0.202. The Hall–Kier alpha value is -1.22. The molecule has 1 atom stereocenters. The number of rotatable bonds is 3. The minimum atomic E-state index is -0.861. The number of benzene rings is 1. The van der Waals surface area contributed by atoms with Gasteiger partial charge in [-0.25, -0.2) is 8.78 Å². The van der Waals surface area contributed by atoms with Crippen LogP contribution in [0.5, 0.6) is 0 Å². The Bertz CT molecular complexity index is 347. The normalized spacial score (nSPS) is 12.6. The molecule has 0 aliphatic heterocycles. The Labute approximate surface area is 82.2 Å². The van der Waals surface area contributed by atoms with Crippen LogP contribution in [0.3, 0.4) is 0 Å². The van der Waals surface area contributed by atoms with Crippen molar-refractivity contribution in [3.05, 3.63) is 47.5 Å². The molecule has 0 aliphatic rings. The average molecular weight is 197 g/mol. The van der Waals surface area contributed by atoms with E-state index in [2.05, 4.69) is 6.58 Å². The van der Waals surface area contributed by atoms with Crippen molar-refractivity contribution in [3.8, 4) is 0 Å². The highest BCUT2D eigenvalue weighted by Crippen LogP contribution is 2.21. The van der Waals surface area contributed by atoms with E-state index in [-0.39, 0.29) is 5.56 Å². The van der Waals surface area contributed by atoms with Gasteiger partial charge < -0.3 is 5.73 Å². The fraction of sp³-hybridized carbons (Fsp3) is 0.273. The van der Waals surface area contributed by atoms with E-state index in [0.717, 1.165) is 11.6 Å². The van der Waals surface area contributed by atoms with Gasteiger partial charge in [0.25, 0.3) is 0 Å². The number of halogens is 2. The zero-order valence-corrected chi connectivity index (χ0v) is 8.06. The fourth-order valence-corrected chi connectivity index (χ4v) is 1.29. The Morgan fingerprint density at radius 3 is 2.71 bits per heavy atom. The fourth-order valence-electron chi connectivity index (χ4n) is 1.29. The maximum Gasteiger partial charge on any atom is 0.163 e. The van der Waals surface area contributed by atoms with Crippen LogP contribution in [0.4, 0.5) is 8.78 Å². The molecule has 14 heavy (non-hydrogen) atoms. The minimum Gasteiger partial charge on any atom is -0.324 e. The van der Waals surface area contributed by atoms with Gasteiger partial charge in [0.15, 0.2) is 11.6 Å². The zero-order valence-electron chi connectivity index (χ0n) is 8.06. The van der Waals surface area contributed by atoms with Crippen molar-refractivity contribution < 1.29 is 8.78 Å². The van der Waals surface area contributed by atoms with Gasteiger partial charge >= 0.3 is 0 Å². The summed E-state index contributed by atoms with van der Waals surface area (Å²) >= 11 is 0. The first kappa shape index (κ1) is 10.9. The van der Waals surface area contributed by atoms with E-state index in [4.69, 9.17) is 5.73 Å². The summed E-state index contributed by atoms with van der Waals surface area (Å²) in [7, 11) is 0. The molecule has 0 bridgehead atoms. The molecule has 1 aromatic carbocycles. The van der Waals surface area contributed by atoms with Crippen LogP contribution in [-0.2, 0) is 0 Å². The molecule has 0 aromatic heterocycles. The lowest BCUT2D eigenvalue weighted by Gasteiger charge is -2.12. The first-order valence-electron chi connectivity index (χ1n) is 4.36. The van der Waals surface area contributed by atoms with E-state index >= 15 is 0 Å². The summed E-state index contributed by atoms with van der Waals surface area (Å²) in [5.41, 5.74) is 6.75. The number of hydrogen-bond donors (Lipinski definition) is 1. The molecule has 1 rings (SSSR count). The second-order valence-corrected chi connectivity index (χ2v) is 3.41. The van der Waals surface area contributed by atoms with E-state index in [1.165, 1.54) is 12.1 Å². The van der Waals surface area contributed by atoms with Gasteiger partial charge in [0.1, 0.15) is 0 Å². The maximum atomic E-state index is 13.2. The van der Waals surface area contributed by atoms with Crippen LogP contribution in [0.25, 0.3) is 0 Å². The summed E-state index contributed by atoms with van der Waals surface area (Å²) in [5.74, 6) is -1.72. The quantitative estimate of drug-likeness (QED) is 0.741. The molecule has 1 nitrogen and oxygen atoms in total. The topological polar surface area (TPSA) is 26.0 Å². The summed E-state index contributed by atoms with van der Waals surface area (Å²) in [6.45, 7) is 5.48. The Morgan fingerprint density at radius 2 is 2.14 bits per heavy atom. The van der Waals surface area contributed by atoms with Crippen LogP contribution in [0.15, 0.2) is 30.4 Å². The van der Waals surface area contributed by atoms with Gasteiger partial charge in [-0.3, -0.25) is 0 Å². The largest absolute Gasteiger partial charge is 0.324 e. The van der Waals surface area contributed by atoms with Crippen molar-refractivity contribution in [2.45, 2.75) is 19.4 Å². The van der Waals surface area contributed by atoms with Gasteiger partial charge in [0.2, 0.25) is 0 Å². The van der Waals surface area contributed by atoms with Crippen molar-refractivity contribution in [1.82, 2.24) is 0 Å². The van der Waals surface area contributed by atoms with Crippen molar-refractivity contribution in [3.63, 3.8) is 0 Å².